The van der Waals surface area contributed by atoms with Gasteiger partial charge in [-0.15, -0.1) is 0 Å². The summed E-state index contributed by atoms with van der Waals surface area (Å²) >= 11 is 0. The van der Waals surface area contributed by atoms with E-state index >= 15 is 0 Å². The first-order valence-electron chi connectivity index (χ1n) is 15.6. The van der Waals surface area contributed by atoms with Crippen LogP contribution in [0.25, 0.3) is 11.3 Å². The van der Waals surface area contributed by atoms with Crippen LogP contribution < -0.4 is 10.6 Å². The number of carbonyl (C=O) groups excluding carboxylic acids is 1. The molecule has 2 aliphatic carbocycles. The lowest BCUT2D eigenvalue weighted by molar-refractivity contribution is -0.116. The zero-order valence-corrected chi connectivity index (χ0v) is 24.4. The molecule has 1 amide bonds. The van der Waals surface area contributed by atoms with Gasteiger partial charge in [-0.3, -0.25) is 4.79 Å². The maximum Gasteiger partial charge on any atom is 0.224 e. The highest BCUT2D eigenvalue weighted by Gasteiger charge is 2.27. The van der Waals surface area contributed by atoms with Crippen LogP contribution in [-0.4, -0.2) is 72.0 Å². The van der Waals surface area contributed by atoms with Crippen LogP contribution in [0.4, 0.5) is 11.6 Å². The third-order valence-corrected chi connectivity index (χ3v) is 9.26. The normalized spacial score (nSPS) is 19.5. The summed E-state index contributed by atoms with van der Waals surface area (Å²) in [5.41, 5.74) is 6.83. The van der Waals surface area contributed by atoms with Crippen molar-refractivity contribution in [2.24, 2.45) is 5.92 Å². The summed E-state index contributed by atoms with van der Waals surface area (Å²) in [5, 5.41) is 6.58. The van der Waals surface area contributed by atoms with Gasteiger partial charge in [0.05, 0.1) is 5.69 Å². The van der Waals surface area contributed by atoms with Crippen LogP contribution in [0.15, 0.2) is 54.7 Å². The molecule has 1 saturated carbocycles. The summed E-state index contributed by atoms with van der Waals surface area (Å²) in [6.07, 6.45) is 10.8. The summed E-state index contributed by atoms with van der Waals surface area (Å²) in [7, 11) is 2.20. The second-order valence-corrected chi connectivity index (χ2v) is 12.2. The molecule has 1 aromatic heterocycles. The Kier molecular flexibility index (Phi) is 8.92. The fraction of sp³-hybridized carbons (Fsp3) is 0.500. The van der Waals surface area contributed by atoms with E-state index in [0.29, 0.717) is 12.4 Å². The first kappa shape index (κ1) is 27.9. The molecule has 2 N–H and O–H groups in total. The molecule has 216 valence electrons. The largest absolute Gasteiger partial charge is 0.354 e. The molecule has 1 atom stereocenters. The molecule has 2 heterocycles. The lowest BCUT2D eigenvalue weighted by atomic mass is 9.78. The predicted molar refractivity (Wildman–Crippen MR) is 166 cm³/mol. The Balaban J connectivity index is 1.07. The number of hydrogen-bond acceptors (Lipinski definition) is 6. The van der Waals surface area contributed by atoms with E-state index in [1.807, 2.05) is 18.3 Å². The number of piperazine rings is 1. The van der Waals surface area contributed by atoms with Crippen LogP contribution in [0, 0.1) is 5.92 Å². The van der Waals surface area contributed by atoms with Crippen molar-refractivity contribution in [1.82, 2.24) is 19.8 Å². The van der Waals surface area contributed by atoms with Crippen molar-refractivity contribution >= 4 is 17.5 Å². The summed E-state index contributed by atoms with van der Waals surface area (Å²) in [6, 6.07) is 17.1. The fourth-order valence-corrected chi connectivity index (χ4v) is 6.75. The van der Waals surface area contributed by atoms with Gasteiger partial charge >= 0.3 is 0 Å². The van der Waals surface area contributed by atoms with Gasteiger partial charge in [-0.25, -0.2) is 9.97 Å². The molecular formula is C34H44N6O. The molecule has 7 heteroatoms. The van der Waals surface area contributed by atoms with Crippen molar-refractivity contribution in [3.63, 3.8) is 0 Å². The SMILES string of the molecule is CN1CCN(CCCNc2ncc3c(n2)-c2ccccc2C(c2ccc(NC(=O)CCC4CCCC4)cc2)C3)CC1. The van der Waals surface area contributed by atoms with E-state index in [1.54, 1.807) is 0 Å². The predicted octanol–water partition coefficient (Wildman–Crippen LogP) is 5.79. The van der Waals surface area contributed by atoms with Crippen molar-refractivity contribution in [2.75, 3.05) is 56.9 Å². The average Bonchev–Trinajstić information content (AvgIpc) is 3.53. The summed E-state index contributed by atoms with van der Waals surface area (Å²) in [6.45, 7) is 6.60. The number of likely N-dealkylation sites (N-methyl/N-ethyl adjacent to an activating group) is 1. The van der Waals surface area contributed by atoms with Gasteiger partial charge in [-0.1, -0.05) is 62.1 Å². The summed E-state index contributed by atoms with van der Waals surface area (Å²) in [5.74, 6) is 1.81. The van der Waals surface area contributed by atoms with Crippen LogP contribution in [0.1, 0.15) is 67.6 Å². The van der Waals surface area contributed by atoms with Crippen molar-refractivity contribution < 1.29 is 4.79 Å². The first-order valence-corrected chi connectivity index (χ1v) is 15.6. The average molecular weight is 553 g/mol. The Labute approximate surface area is 244 Å². The van der Waals surface area contributed by atoms with E-state index in [2.05, 4.69) is 63.9 Å². The number of amides is 1. The molecule has 2 fully saturated rings. The molecule has 3 aliphatic rings. The minimum atomic E-state index is 0.127. The van der Waals surface area contributed by atoms with E-state index in [-0.39, 0.29) is 11.8 Å². The number of nitrogens with zero attached hydrogens (tertiary/aromatic N) is 4. The Bertz CT molecular complexity index is 1310. The van der Waals surface area contributed by atoms with Gasteiger partial charge in [0, 0.05) is 62.5 Å². The quantitative estimate of drug-likeness (QED) is 0.310. The molecule has 7 nitrogen and oxygen atoms in total. The Morgan fingerprint density at radius 3 is 2.59 bits per heavy atom. The van der Waals surface area contributed by atoms with Crippen molar-refractivity contribution in [3.8, 4) is 11.3 Å². The minimum Gasteiger partial charge on any atom is -0.354 e. The highest BCUT2D eigenvalue weighted by atomic mass is 16.1. The number of carbonyl (C=O) groups is 1. The van der Waals surface area contributed by atoms with Gasteiger partial charge in [0.15, 0.2) is 0 Å². The molecule has 6 rings (SSSR count). The van der Waals surface area contributed by atoms with Crippen LogP contribution in [0.5, 0.6) is 0 Å². The second-order valence-electron chi connectivity index (χ2n) is 12.2. The van der Waals surface area contributed by atoms with Gasteiger partial charge in [-0.2, -0.15) is 0 Å². The lowest BCUT2D eigenvalue weighted by Gasteiger charge is -2.32. The van der Waals surface area contributed by atoms with Gasteiger partial charge in [0.1, 0.15) is 0 Å². The van der Waals surface area contributed by atoms with E-state index in [4.69, 9.17) is 9.97 Å². The fourth-order valence-electron chi connectivity index (χ4n) is 6.75. The van der Waals surface area contributed by atoms with E-state index in [1.165, 1.54) is 47.9 Å². The zero-order chi connectivity index (χ0) is 28.0. The molecule has 2 aromatic carbocycles. The molecule has 1 unspecified atom stereocenters. The number of hydrogen-bond donors (Lipinski definition) is 2. The van der Waals surface area contributed by atoms with Gasteiger partial charge < -0.3 is 20.4 Å². The van der Waals surface area contributed by atoms with Crippen molar-refractivity contribution in [2.45, 2.75) is 57.3 Å². The monoisotopic (exact) mass is 552 g/mol. The number of benzene rings is 2. The topological polar surface area (TPSA) is 73.4 Å². The van der Waals surface area contributed by atoms with E-state index < -0.39 is 0 Å². The number of fused-ring (bicyclic) bond motifs is 3. The van der Waals surface area contributed by atoms with Crippen LogP contribution in [0.2, 0.25) is 0 Å². The molecule has 3 aromatic rings. The molecule has 0 spiro atoms. The molecular weight excluding hydrogens is 508 g/mol. The smallest absolute Gasteiger partial charge is 0.224 e. The Morgan fingerprint density at radius 1 is 1.00 bits per heavy atom. The Hall–Kier alpha value is -3.29. The standard InChI is InChI=1S/C34H44N6O/c1-39-19-21-40(22-20-39)18-6-17-35-34-36-24-27-23-31(29-9-4-5-10-30(29)33(27)38-34)26-12-14-28(15-13-26)37-32(41)16-11-25-7-2-3-8-25/h4-5,9-10,12-15,24-25,31H,2-3,6-8,11,16-23H2,1H3,(H,37,41)(H,35,36,38). The van der Waals surface area contributed by atoms with Crippen LogP contribution >= 0.6 is 0 Å². The minimum absolute atomic E-state index is 0.127. The highest BCUT2D eigenvalue weighted by Crippen LogP contribution is 2.42. The van der Waals surface area contributed by atoms with Gasteiger partial charge in [-0.05, 0) is 67.6 Å². The molecule has 41 heavy (non-hydrogen) atoms. The summed E-state index contributed by atoms with van der Waals surface area (Å²) < 4.78 is 0. The van der Waals surface area contributed by atoms with E-state index in [9.17, 15) is 4.79 Å². The third-order valence-electron chi connectivity index (χ3n) is 9.26. The number of rotatable bonds is 10. The molecule has 0 bridgehead atoms. The maximum atomic E-state index is 12.5. The first-order chi connectivity index (χ1) is 20.1. The van der Waals surface area contributed by atoms with Gasteiger partial charge in [0.25, 0.3) is 0 Å². The summed E-state index contributed by atoms with van der Waals surface area (Å²) in [4.78, 5) is 27.1. The third kappa shape index (κ3) is 6.96. The molecule has 0 radical (unpaired) electrons. The number of anilines is 2. The van der Waals surface area contributed by atoms with Crippen molar-refractivity contribution in [3.05, 3.63) is 71.4 Å². The maximum absolute atomic E-state index is 12.5. The van der Waals surface area contributed by atoms with Crippen LogP contribution in [0.3, 0.4) is 0 Å². The second kappa shape index (κ2) is 13.1. The lowest BCUT2D eigenvalue weighted by Crippen LogP contribution is -2.44. The highest BCUT2D eigenvalue weighted by molar-refractivity contribution is 5.90. The molecule has 1 aliphatic heterocycles. The van der Waals surface area contributed by atoms with Crippen LogP contribution in [-0.2, 0) is 11.2 Å². The Morgan fingerprint density at radius 2 is 1.78 bits per heavy atom. The van der Waals surface area contributed by atoms with Crippen molar-refractivity contribution in [1.29, 1.82) is 0 Å². The number of nitrogens with one attached hydrogen (secondary N) is 2. The van der Waals surface area contributed by atoms with E-state index in [0.717, 1.165) is 75.8 Å². The van der Waals surface area contributed by atoms with Gasteiger partial charge in [0.2, 0.25) is 11.9 Å². The number of aromatic nitrogens is 2. The molecule has 1 saturated heterocycles. The zero-order valence-electron chi connectivity index (χ0n) is 24.4.